The molecule has 2 rings (SSSR count). The smallest absolute Gasteiger partial charge is 0.323 e. The number of nitrogen functional groups attached to an aromatic ring is 1. The topological polar surface area (TPSA) is 97.9 Å². The Morgan fingerprint density at radius 3 is 2.62 bits per heavy atom. The lowest BCUT2D eigenvalue weighted by atomic mass is 10.1. The summed E-state index contributed by atoms with van der Waals surface area (Å²) in [5, 5.41) is 6.08. The van der Waals surface area contributed by atoms with Crippen molar-refractivity contribution in [3.8, 4) is 0 Å². The molecule has 1 heterocycles. The molecule has 0 bridgehead atoms. The normalized spacial score (nSPS) is 11.3. The van der Waals surface area contributed by atoms with Gasteiger partial charge in [-0.05, 0) is 18.2 Å². The number of alkyl halides is 3. The van der Waals surface area contributed by atoms with Crippen LogP contribution in [0, 0.1) is 0 Å². The molecule has 0 saturated heterocycles. The van der Waals surface area contributed by atoms with Crippen LogP contribution in [0.2, 0.25) is 0 Å². The predicted octanol–water partition coefficient (Wildman–Crippen LogP) is 1.37. The number of rotatable bonds is 3. The van der Waals surface area contributed by atoms with E-state index >= 15 is 0 Å². The number of amides is 1. The first kappa shape index (κ1) is 14.8. The van der Waals surface area contributed by atoms with Gasteiger partial charge in [-0.15, -0.1) is 0 Å². The number of carbonyl (C=O) groups excluding carboxylic acids is 1. The number of benzene rings is 1. The van der Waals surface area contributed by atoms with Gasteiger partial charge in [0.05, 0.1) is 16.8 Å². The highest BCUT2D eigenvalue weighted by atomic mass is 19.4. The first-order chi connectivity index (χ1) is 9.82. The van der Waals surface area contributed by atoms with Crippen LogP contribution in [0.4, 0.5) is 24.8 Å². The zero-order valence-electron chi connectivity index (χ0n) is 10.8. The largest absolute Gasteiger partial charge is 0.416 e. The number of nitrogens with zero attached hydrogens (tertiary/aromatic N) is 3. The summed E-state index contributed by atoms with van der Waals surface area (Å²) in [7, 11) is 1.52. The number of carbonyl (C=O) groups is 1. The van der Waals surface area contributed by atoms with Gasteiger partial charge in [-0.1, -0.05) is 0 Å². The maximum atomic E-state index is 12.7. The third-order valence-corrected chi connectivity index (χ3v) is 2.68. The highest BCUT2D eigenvalue weighted by molar-refractivity contribution is 6.07. The molecule has 0 aliphatic carbocycles. The molecule has 0 spiro atoms. The number of halogens is 3. The van der Waals surface area contributed by atoms with Gasteiger partial charge < -0.3 is 5.43 Å². The molecule has 0 saturated carbocycles. The number of nitrogens with two attached hydrogens (primary N) is 1. The lowest BCUT2D eigenvalue weighted by Gasteiger charge is -2.12. The summed E-state index contributed by atoms with van der Waals surface area (Å²) >= 11 is 0. The molecule has 0 unspecified atom stereocenters. The summed E-state index contributed by atoms with van der Waals surface area (Å²) in [6.45, 7) is 0. The molecule has 0 aliphatic heterocycles. The fourth-order valence-electron chi connectivity index (χ4n) is 1.61. The molecule has 0 aliphatic rings. The van der Waals surface area contributed by atoms with Crippen LogP contribution < -0.4 is 16.6 Å². The van der Waals surface area contributed by atoms with Crippen LogP contribution in [-0.4, -0.2) is 20.7 Å². The zero-order valence-corrected chi connectivity index (χ0v) is 10.8. The van der Waals surface area contributed by atoms with Crippen LogP contribution >= 0.6 is 0 Å². The third-order valence-electron chi connectivity index (χ3n) is 2.68. The molecular weight excluding hydrogens is 289 g/mol. The molecule has 0 fully saturated rings. The minimum Gasteiger partial charge on any atom is -0.323 e. The van der Waals surface area contributed by atoms with Crippen LogP contribution in [0.25, 0.3) is 0 Å². The monoisotopic (exact) mass is 300 g/mol. The van der Waals surface area contributed by atoms with E-state index in [4.69, 9.17) is 5.84 Å². The van der Waals surface area contributed by atoms with Gasteiger partial charge in [-0.2, -0.15) is 23.3 Å². The fourth-order valence-corrected chi connectivity index (χ4v) is 1.61. The number of nitrogens with one attached hydrogen (secondary N) is 2. The van der Waals surface area contributed by atoms with Gasteiger partial charge in [0.15, 0.2) is 0 Å². The molecule has 4 N–H and O–H groups in total. The molecule has 1 aromatic heterocycles. The first-order valence-corrected chi connectivity index (χ1v) is 5.66. The molecule has 7 nitrogen and oxygen atoms in total. The molecule has 2 aromatic rings. The third kappa shape index (κ3) is 3.11. The summed E-state index contributed by atoms with van der Waals surface area (Å²) in [6.07, 6.45) is -3.36. The Kier molecular flexibility index (Phi) is 3.80. The van der Waals surface area contributed by atoms with E-state index in [-0.39, 0.29) is 17.2 Å². The molecule has 1 aromatic carbocycles. The summed E-state index contributed by atoms with van der Waals surface area (Å²) in [4.78, 5) is 15.8. The Morgan fingerprint density at radius 2 is 2.10 bits per heavy atom. The van der Waals surface area contributed by atoms with Crippen molar-refractivity contribution in [2.75, 3.05) is 10.7 Å². The zero-order chi connectivity index (χ0) is 15.6. The molecule has 0 radical (unpaired) electrons. The van der Waals surface area contributed by atoms with Crippen molar-refractivity contribution < 1.29 is 18.0 Å². The van der Waals surface area contributed by atoms with E-state index < -0.39 is 17.6 Å². The van der Waals surface area contributed by atoms with Crippen LogP contribution in [0.15, 0.2) is 24.5 Å². The lowest BCUT2D eigenvalue weighted by Crippen LogP contribution is -2.20. The average Bonchev–Trinajstić information content (AvgIpc) is 2.82. The molecule has 1 amide bonds. The van der Waals surface area contributed by atoms with Gasteiger partial charge in [0.25, 0.3) is 5.91 Å². The highest BCUT2D eigenvalue weighted by Crippen LogP contribution is 2.31. The van der Waals surface area contributed by atoms with Crippen molar-refractivity contribution in [3.63, 3.8) is 0 Å². The second-order valence-corrected chi connectivity index (χ2v) is 4.06. The summed E-state index contributed by atoms with van der Waals surface area (Å²) in [6, 6.07) is 2.61. The van der Waals surface area contributed by atoms with E-state index in [0.29, 0.717) is 6.07 Å². The van der Waals surface area contributed by atoms with Crippen molar-refractivity contribution in [2.45, 2.75) is 6.18 Å². The van der Waals surface area contributed by atoms with Crippen molar-refractivity contribution in [2.24, 2.45) is 12.9 Å². The first-order valence-electron chi connectivity index (χ1n) is 5.66. The molecule has 21 heavy (non-hydrogen) atoms. The molecule has 10 heteroatoms. The van der Waals surface area contributed by atoms with E-state index in [1.54, 1.807) is 0 Å². The maximum absolute atomic E-state index is 12.7. The second kappa shape index (κ2) is 5.40. The van der Waals surface area contributed by atoms with E-state index in [9.17, 15) is 18.0 Å². The number of aromatic nitrogens is 3. The van der Waals surface area contributed by atoms with E-state index in [1.807, 2.05) is 0 Å². The van der Waals surface area contributed by atoms with Gasteiger partial charge in [-0.3, -0.25) is 16.0 Å². The Hall–Kier alpha value is -2.62. The van der Waals surface area contributed by atoms with Gasteiger partial charge in [0.1, 0.15) is 6.33 Å². The number of hydrazine groups is 1. The Labute approximate surface area is 116 Å². The minimum absolute atomic E-state index is 0.0580. The van der Waals surface area contributed by atoms with Gasteiger partial charge in [-0.25, -0.2) is 4.68 Å². The van der Waals surface area contributed by atoms with Crippen molar-refractivity contribution in [1.82, 2.24) is 14.8 Å². The van der Waals surface area contributed by atoms with Gasteiger partial charge in [0.2, 0.25) is 5.95 Å². The number of hydrogen-bond acceptors (Lipinski definition) is 5. The number of anilines is 2. The lowest BCUT2D eigenvalue weighted by molar-refractivity contribution is -0.137. The molecule has 0 atom stereocenters. The van der Waals surface area contributed by atoms with Crippen LogP contribution in [0.5, 0.6) is 0 Å². The quantitative estimate of drug-likeness (QED) is 0.587. The summed E-state index contributed by atoms with van der Waals surface area (Å²) < 4.78 is 39.4. The SMILES string of the molecule is Cn1ncnc1NC(=O)c1cc(C(F)(F)F)ccc1NN. The number of hydrogen-bond donors (Lipinski definition) is 3. The van der Waals surface area contributed by atoms with Gasteiger partial charge in [0, 0.05) is 7.05 Å². The van der Waals surface area contributed by atoms with Crippen LogP contribution in [0.3, 0.4) is 0 Å². The molecule has 112 valence electrons. The summed E-state index contributed by atoms with van der Waals surface area (Å²) in [5.74, 6) is 4.52. The maximum Gasteiger partial charge on any atom is 0.416 e. The van der Waals surface area contributed by atoms with E-state index in [0.717, 1.165) is 12.1 Å². The Morgan fingerprint density at radius 1 is 1.38 bits per heavy atom. The van der Waals surface area contributed by atoms with Crippen LogP contribution in [0.1, 0.15) is 15.9 Å². The van der Waals surface area contributed by atoms with E-state index in [2.05, 4.69) is 20.8 Å². The van der Waals surface area contributed by atoms with Crippen molar-refractivity contribution in [1.29, 1.82) is 0 Å². The fraction of sp³-hybridized carbons (Fsp3) is 0.182. The number of aryl methyl sites for hydroxylation is 1. The molecular formula is C11H11F3N6O. The average molecular weight is 300 g/mol. The standard InChI is InChI=1S/C11H11F3N6O/c1-20-10(16-5-17-20)18-9(21)7-4-6(11(12,13)14)2-3-8(7)19-15/h2-5,19H,15H2,1H3,(H,16,17,18,21). The predicted molar refractivity (Wildman–Crippen MR) is 68.2 cm³/mol. The Balaban J connectivity index is 2.37. The van der Waals surface area contributed by atoms with Crippen molar-refractivity contribution >= 4 is 17.5 Å². The Bertz CT molecular complexity index is 666. The van der Waals surface area contributed by atoms with Gasteiger partial charge >= 0.3 is 6.18 Å². The van der Waals surface area contributed by atoms with E-state index in [1.165, 1.54) is 18.1 Å². The minimum atomic E-state index is -4.56. The highest BCUT2D eigenvalue weighted by Gasteiger charge is 2.31. The van der Waals surface area contributed by atoms with Crippen LogP contribution in [-0.2, 0) is 13.2 Å². The summed E-state index contributed by atoms with van der Waals surface area (Å²) in [5.41, 5.74) is 1.03. The second-order valence-electron chi connectivity index (χ2n) is 4.06. The van der Waals surface area contributed by atoms with Crippen molar-refractivity contribution in [3.05, 3.63) is 35.7 Å².